The van der Waals surface area contributed by atoms with Gasteiger partial charge in [0.25, 0.3) is 0 Å². The van der Waals surface area contributed by atoms with E-state index in [-0.39, 0.29) is 5.91 Å². The van der Waals surface area contributed by atoms with Gasteiger partial charge in [0, 0.05) is 32.0 Å². The van der Waals surface area contributed by atoms with Crippen molar-refractivity contribution in [3.05, 3.63) is 89.7 Å². The summed E-state index contributed by atoms with van der Waals surface area (Å²) < 4.78 is 0. The van der Waals surface area contributed by atoms with Gasteiger partial charge in [-0.2, -0.15) is 0 Å². The topological polar surface area (TPSA) is 58.1 Å². The Bertz CT molecular complexity index is 981. The average Bonchev–Trinajstić information content (AvgIpc) is 2.86. The summed E-state index contributed by atoms with van der Waals surface area (Å²) in [6.45, 7) is 4.38. The Hall–Kier alpha value is -3.21. The highest BCUT2D eigenvalue weighted by atomic mass is 16.2. The number of carbonyl (C=O) groups is 1. The van der Waals surface area contributed by atoms with Crippen molar-refractivity contribution >= 4 is 11.9 Å². The van der Waals surface area contributed by atoms with Crippen molar-refractivity contribution in [2.45, 2.75) is 39.0 Å². The zero-order valence-electron chi connectivity index (χ0n) is 18.8. The standard InChI is InChI=1S/C27H32N4O/c1-2-22-9-11-23(12-10-22)13-18-28-25(32)27(21-24-7-4-3-5-8-24)14-19-31(20-15-27)26-29-16-6-17-30-26/h3-12,16-17H,2,13-15,18-21H2,1H3,(H,28,32). The first-order valence-electron chi connectivity index (χ1n) is 11.6. The molecule has 2 aromatic carbocycles. The van der Waals surface area contributed by atoms with E-state index < -0.39 is 5.41 Å². The van der Waals surface area contributed by atoms with E-state index in [1.165, 1.54) is 16.7 Å². The van der Waals surface area contributed by atoms with Gasteiger partial charge >= 0.3 is 0 Å². The zero-order chi connectivity index (χ0) is 22.2. The van der Waals surface area contributed by atoms with E-state index in [0.717, 1.165) is 51.1 Å². The fraction of sp³-hybridized carbons (Fsp3) is 0.370. The van der Waals surface area contributed by atoms with Gasteiger partial charge in [0.05, 0.1) is 5.41 Å². The molecule has 5 heteroatoms. The summed E-state index contributed by atoms with van der Waals surface area (Å²) in [6.07, 6.45) is 7.77. The van der Waals surface area contributed by atoms with Gasteiger partial charge in [-0.05, 0) is 54.9 Å². The maximum atomic E-state index is 13.5. The summed E-state index contributed by atoms with van der Waals surface area (Å²) in [4.78, 5) is 24.5. The van der Waals surface area contributed by atoms with Crippen molar-refractivity contribution in [3.63, 3.8) is 0 Å². The van der Waals surface area contributed by atoms with Gasteiger partial charge in [-0.25, -0.2) is 9.97 Å². The van der Waals surface area contributed by atoms with Gasteiger partial charge in [0.15, 0.2) is 0 Å². The Kier molecular flexibility index (Phi) is 7.15. The first kappa shape index (κ1) is 22.0. The molecule has 2 heterocycles. The predicted molar refractivity (Wildman–Crippen MR) is 129 cm³/mol. The van der Waals surface area contributed by atoms with Crippen LogP contribution in [-0.2, 0) is 24.1 Å². The molecule has 32 heavy (non-hydrogen) atoms. The molecule has 4 rings (SSSR count). The first-order chi connectivity index (χ1) is 15.7. The van der Waals surface area contributed by atoms with Crippen molar-refractivity contribution in [3.8, 4) is 0 Å². The van der Waals surface area contributed by atoms with Crippen LogP contribution in [0.15, 0.2) is 73.1 Å². The molecule has 0 aliphatic carbocycles. The molecule has 0 spiro atoms. The highest BCUT2D eigenvalue weighted by Crippen LogP contribution is 2.36. The normalized spacial score (nSPS) is 15.3. The molecule has 166 valence electrons. The van der Waals surface area contributed by atoms with Gasteiger partial charge in [-0.15, -0.1) is 0 Å². The predicted octanol–water partition coefficient (Wildman–Crippen LogP) is 4.23. The van der Waals surface area contributed by atoms with E-state index in [2.05, 4.69) is 63.5 Å². The number of nitrogens with one attached hydrogen (secondary N) is 1. The Morgan fingerprint density at radius 3 is 2.22 bits per heavy atom. The quantitative estimate of drug-likeness (QED) is 0.583. The minimum absolute atomic E-state index is 0.167. The van der Waals surface area contributed by atoms with E-state index in [1.807, 2.05) is 24.3 Å². The molecule has 0 atom stereocenters. The van der Waals surface area contributed by atoms with Gasteiger partial charge in [0.2, 0.25) is 11.9 Å². The van der Waals surface area contributed by atoms with Crippen LogP contribution in [0, 0.1) is 5.41 Å². The molecule has 1 fully saturated rings. The zero-order valence-corrected chi connectivity index (χ0v) is 18.8. The number of aromatic nitrogens is 2. The van der Waals surface area contributed by atoms with Crippen LogP contribution in [0.25, 0.3) is 0 Å². The van der Waals surface area contributed by atoms with Crippen LogP contribution in [0.5, 0.6) is 0 Å². The minimum Gasteiger partial charge on any atom is -0.355 e. The number of carbonyl (C=O) groups excluding carboxylic acids is 1. The Morgan fingerprint density at radius 1 is 0.906 bits per heavy atom. The molecular formula is C27H32N4O. The second-order valence-corrected chi connectivity index (χ2v) is 8.65. The molecule has 1 aliphatic rings. The number of hydrogen-bond acceptors (Lipinski definition) is 4. The van der Waals surface area contributed by atoms with Crippen molar-refractivity contribution < 1.29 is 4.79 Å². The van der Waals surface area contributed by atoms with Crippen LogP contribution >= 0.6 is 0 Å². The number of aryl methyl sites for hydroxylation is 1. The largest absolute Gasteiger partial charge is 0.355 e. The van der Waals surface area contributed by atoms with E-state index in [0.29, 0.717) is 6.54 Å². The fourth-order valence-corrected chi connectivity index (χ4v) is 4.51. The molecule has 0 radical (unpaired) electrons. The van der Waals surface area contributed by atoms with E-state index >= 15 is 0 Å². The van der Waals surface area contributed by atoms with Crippen LogP contribution in [0.4, 0.5) is 5.95 Å². The summed E-state index contributed by atoms with van der Waals surface area (Å²) in [6, 6.07) is 20.9. The number of rotatable bonds is 8. The van der Waals surface area contributed by atoms with Crippen LogP contribution in [-0.4, -0.2) is 35.5 Å². The number of nitrogens with zero attached hydrogens (tertiary/aromatic N) is 3. The average molecular weight is 429 g/mol. The second kappa shape index (κ2) is 10.4. The molecular weight excluding hydrogens is 396 g/mol. The molecule has 1 aliphatic heterocycles. The summed E-state index contributed by atoms with van der Waals surface area (Å²) in [5.41, 5.74) is 3.41. The third kappa shape index (κ3) is 5.34. The van der Waals surface area contributed by atoms with Crippen LogP contribution in [0.2, 0.25) is 0 Å². The third-order valence-corrected chi connectivity index (χ3v) is 6.55. The van der Waals surface area contributed by atoms with Crippen molar-refractivity contribution in [2.24, 2.45) is 5.41 Å². The maximum Gasteiger partial charge on any atom is 0.226 e. The van der Waals surface area contributed by atoms with Gasteiger partial charge in [0.1, 0.15) is 0 Å². The number of hydrogen-bond donors (Lipinski definition) is 1. The molecule has 3 aromatic rings. The summed E-state index contributed by atoms with van der Waals surface area (Å²) in [5.74, 6) is 0.914. The van der Waals surface area contributed by atoms with Gasteiger partial charge < -0.3 is 10.2 Å². The third-order valence-electron chi connectivity index (χ3n) is 6.55. The smallest absolute Gasteiger partial charge is 0.226 e. The van der Waals surface area contributed by atoms with Crippen LogP contribution in [0.3, 0.4) is 0 Å². The maximum absolute atomic E-state index is 13.5. The molecule has 0 bridgehead atoms. The summed E-state index contributed by atoms with van der Waals surface area (Å²) in [7, 11) is 0. The number of benzene rings is 2. The molecule has 1 saturated heterocycles. The molecule has 0 saturated carbocycles. The molecule has 5 nitrogen and oxygen atoms in total. The summed E-state index contributed by atoms with van der Waals surface area (Å²) in [5, 5.41) is 3.26. The number of anilines is 1. The van der Waals surface area contributed by atoms with Crippen molar-refractivity contribution in [1.82, 2.24) is 15.3 Å². The lowest BCUT2D eigenvalue weighted by Gasteiger charge is -2.41. The van der Waals surface area contributed by atoms with Crippen molar-refractivity contribution in [1.29, 1.82) is 0 Å². The second-order valence-electron chi connectivity index (χ2n) is 8.65. The number of piperidine rings is 1. The fourth-order valence-electron chi connectivity index (χ4n) is 4.51. The lowest BCUT2D eigenvalue weighted by molar-refractivity contribution is -0.132. The summed E-state index contributed by atoms with van der Waals surface area (Å²) >= 11 is 0. The SMILES string of the molecule is CCc1ccc(CCNC(=O)C2(Cc3ccccc3)CCN(c3ncccn3)CC2)cc1. The monoisotopic (exact) mass is 428 g/mol. The Morgan fingerprint density at radius 2 is 1.56 bits per heavy atom. The molecule has 1 aromatic heterocycles. The Labute approximate surface area is 190 Å². The van der Waals surface area contributed by atoms with E-state index in [4.69, 9.17) is 0 Å². The van der Waals surface area contributed by atoms with Gasteiger partial charge in [-0.3, -0.25) is 4.79 Å². The van der Waals surface area contributed by atoms with E-state index in [1.54, 1.807) is 12.4 Å². The molecule has 1 N–H and O–H groups in total. The number of amides is 1. The lowest BCUT2D eigenvalue weighted by atomic mass is 9.73. The highest BCUT2D eigenvalue weighted by molar-refractivity contribution is 5.83. The lowest BCUT2D eigenvalue weighted by Crippen LogP contribution is -2.50. The highest BCUT2D eigenvalue weighted by Gasteiger charge is 2.41. The first-order valence-corrected chi connectivity index (χ1v) is 11.6. The minimum atomic E-state index is -0.404. The van der Waals surface area contributed by atoms with Gasteiger partial charge in [-0.1, -0.05) is 61.5 Å². The van der Waals surface area contributed by atoms with Crippen molar-refractivity contribution in [2.75, 3.05) is 24.5 Å². The molecule has 0 unspecified atom stereocenters. The van der Waals surface area contributed by atoms with Crippen LogP contribution in [0.1, 0.15) is 36.5 Å². The Balaban J connectivity index is 1.42. The molecule has 1 amide bonds. The van der Waals surface area contributed by atoms with Crippen LogP contribution < -0.4 is 10.2 Å². The van der Waals surface area contributed by atoms with E-state index in [9.17, 15) is 4.79 Å².